The monoisotopic (exact) mass is 236 g/mol. The van der Waals surface area contributed by atoms with Gasteiger partial charge in [-0.15, -0.1) is 5.73 Å². The van der Waals surface area contributed by atoms with Crippen LogP contribution in [-0.4, -0.2) is 38.0 Å². The molecule has 0 saturated heterocycles. The Morgan fingerprint density at radius 2 is 2.06 bits per heavy atom. The van der Waals surface area contributed by atoms with E-state index in [0.29, 0.717) is 5.57 Å². The van der Waals surface area contributed by atoms with E-state index >= 15 is 0 Å². The Balaban J connectivity index is 2.24. The van der Waals surface area contributed by atoms with Crippen LogP contribution >= 0.6 is 0 Å². The maximum absolute atomic E-state index is 11.4. The lowest BCUT2D eigenvalue weighted by atomic mass is 10.3. The van der Waals surface area contributed by atoms with E-state index in [1.165, 1.54) is 7.11 Å². The van der Waals surface area contributed by atoms with Gasteiger partial charge in [0.05, 0.1) is 19.2 Å². The number of nitrogens with one attached hydrogen (secondary N) is 2. The van der Waals surface area contributed by atoms with Crippen molar-refractivity contribution in [2.45, 2.75) is 0 Å². The average molecular weight is 236 g/mol. The molecule has 2 amide bonds. The Morgan fingerprint density at radius 1 is 1.29 bits per heavy atom. The first kappa shape index (κ1) is 12.7. The summed E-state index contributed by atoms with van der Waals surface area (Å²) in [5, 5.41) is 4.69. The molecule has 0 unspecified atom stereocenters. The van der Waals surface area contributed by atoms with E-state index in [4.69, 9.17) is 0 Å². The first-order valence-corrected chi connectivity index (χ1v) is 4.88. The topological polar surface area (TPSA) is 84.5 Å². The number of rotatable bonds is 5. The SMILES string of the molecule is COC(=O)CNC(=O)CNC(=O)C1=C=CC=C1. The third-order valence-corrected chi connectivity index (χ3v) is 1.91. The number of carbonyl (C=O) groups excluding carboxylic acids is 3. The predicted molar refractivity (Wildman–Crippen MR) is 58.8 cm³/mol. The third-order valence-electron chi connectivity index (χ3n) is 1.91. The minimum absolute atomic E-state index is 0.200. The van der Waals surface area contributed by atoms with Crippen molar-refractivity contribution in [3.8, 4) is 0 Å². The van der Waals surface area contributed by atoms with Crippen molar-refractivity contribution in [3.63, 3.8) is 0 Å². The molecule has 6 heteroatoms. The van der Waals surface area contributed by atoms with Crippen LogP contribution in [0, 0.1) is 0 Å². The van der Waals surface area contributed by atoms with Gasteiger partial charge in [-0.05, 0) is 12.2 Å². The largest absolute Gasteiger partial charge is 0.468 e. The van der Waals surface area contributed by atoms with Gasteiger partial charge in [-0.1, -0.05) is 6.08 Å². The molecule has 0 radical (unpaired) electrons. The Bertz CT molecular complexity index is 431. The molecule has 0 aromatic rings. The first-order chi connectivity index (χ1) is 8.13. The summed E-state index contributed by atoms with van der Waals surface area (Å²) in [7, 11) is 1.22. The molecule has 17 heavy (non-hydrogen) atoms. The van der Waals surface area contributed by atoms with Gasteiger partial charge in [-0.2, -0.15) is 0 Å². The van der Waals surface area contributed by atoms with Crippen LogP contribution in [0.3, 0.4) is 0 Å². The molecule has 1 aliphatic carbocycles. The van der Waals surface area contributed by atoms with E-state index in [1.807, 2.05) is 0 Å². The van der Waals surface area contributed by atoms with Gasteiger partial charge in [0, 0.05) is 0 Å². The molecule has 0 fully saturated rings. The molecule has 0 saturated carbocycles. The highest BCUT2D eigenvalue weighted by atomic mass is 16.5. The number of carbonyl (C=O) groups is 3. The number of methoxy groups -OCH3 is 1. The molecule has 0 bridgehead atoms. The highest BCUT2D eigenvalue weighted by Crippen LogP contribution is 2.00. The van der Waals surface area contributed by atoms with Crippen molar-refractivity contribution in [2.24, 2.45) is 0 Å². The number of amides is 2. The van der Waals surface area contributed by atoms with E-state index in [-0.39, 0.29) is 19.0 Å². The van der Waals surface area contributed by atoms with Crippen LogP contribution in [-0.2, 0) is 19.1 Å². The number of hydrogen-bond acceptors (Lipinski definition) is 4. The summed E-state index contributed by atoms with van der Waals surface area (Å²) in [6.07, 6.45) is 4.86. The van der Waals surface area contributed by atoms with Gasteiger partial charge >= 0.3 is 5.97 Å². The Morgan fingerprint density at radius 3 is 2.65 bits per heavy atom. The Kier molecular flexibility index (Phi) is 4.72. The second kappa shape index (κ2) is 6.30. The molecule has 90 valence electrons. The summed E-state index contributed by atoms with van der Waals surface area (Å²) in [4.78, 5) is 33.3. The van der Waals surface area contributed by atoms with Crippen molar-refractivity contribution < 1.29 is 19.1 Å². The second-order valence-electron chi connectivity index (χ2n) is 3.12. The highest BCUT2D eigenvalue weighted by Gasteiger charge is 2.10. The maximum atomic E-state index is 11.4. The first-order valence-electron chi connectivity index (χ1n) is 4.88. The van der Waals surface area contributed by atoms with Crippen molar-refractivity contribution in [1.82, 2.24) is 10.6 Å². The zero-order chi connectivity index (χ0) is 12.7. The van der Waals surface area contributed by atoms with Gasteiger partial charge < -0.3 is 15.4 Å². The molecular formula is C11H12N2O4. The van der Waals surface area contributed by atoms with Crippen LogP contribution in [0.4, 0.5) is 0 Å². The summed E-state index contributed by atoms with van der Waals surface area (Å²) in [6.45, 7) is -0.414. The second-order valence-corrected chi connectivity index (χ2v) is 3.12. The summed E-state index contributed by atoms with van der Waals surface area (Å²) < 4.78 is 4.34. The van der Waals surface area contributed by atoms with Crippen molar-refractivity contribution >= 4 is 17.8 Å². The average Bonchev–Trinajstić information content (AvgIpc) is 2.86. The summed E-state index contributed by atoms with van der Waals surface area (Å²) >= 11 is 0. The van der Waals surface area contributed by atoms with E-state index in [2.05, 4.69) is 21.1 Å². The van der Waals surface area contributed by atoms with Gasteiger partial charge in [-0.3, -0.25) is 14.4 Å². The van der Waals surface area contributed by atoms with E-state index in [1.54, 1.807) is 18.2 Å². The fourth-order valence-corrected chi connectivity index (χ4v) is 1.03. The number of esters is 1. The minimum atomic E-state index is -0.547. The number of ether oxygens (including phenoxy) is 1. The fraction of sp³-hybridized carbons (Fsp3) is 0.273. The zero-order valence-corrected chi connectivity index (χ0v) is 9.28. The molecule has 2 N–H and O–H groups in total. The van der Waals surface area contributed by atoms with Crippen LogP contribution in [0.1, 0.15) is 0 Å². The number of allylic oxidation sites excluding steroid dienone is 1. The lowest BCUT2D eigenvalue weighted by molar-refractivity contribution is -0.141. The van der Waals surface area contributed by atoms with Crippen molar-refractivity contribution in [2.75, 3.05) is 20.2 Å². The van der Waals surface area contributed by atoms with Crippen LogP contribution < -0.4 is 10.6 Å². The molecule has 0 atom stereocenters. The molecule has 0 aliphatic heterocycles. The molecule has 1 rings (SSSR count). The highest BCUT2D eigenvalue weighted by molar-refractivity contribution is 5.98. The molecule has 0 aromatic carbocycles. The molecule has 0 heterocycles. The molecule has 0 aromatic heterocycles. The summed E-state index contributed by atoms with van der Waals surface area (Å²) in [5.74, 6) is -1.40. The van der Waals surface area contributed by atoms with Crippen molar-refractivity contribution in [1.29, 1.82) is 0 Å². The quantitative estimate of drug-likeness (QED) is 0.476. The lowest BCUT2D eigenvalue weighted by Crippen LogP contribution is -2.39. The van der Waals surface area contributed by atoms with Gasteiger partial charge in [0.1, 0.15) is 6.54 Å². The minimum Gasteiger partial charge on any atom is -0.468 e. The Labute approximate surface area is 98.0 Å². The molecule has 0 spiro atoms. The molecular weight excluding hydrogens is 224 g/mol. The zero-order valence-electron chi connectivity index (χ0n) is 9.28. The van der Waals surface area contributed by atoms with Gasteiger partial charge in [0.25, 0.3) is 5.91 Å². The Hall–Kier alpha value is -2.33. The van der Waals surface area contributed by atoms with Crippen LogP contribution in [0.15, 0.2) is 29.5 Å². The summed E-state index contributed by atoms with van der Waals surface area (Å²) in [6, 6.07) is 0. The van der Waals surface area contributed by atoms with Crippen LogP contribution in [0.5, 0.6) is 0 Å². The molecule has 1 aliphatic rings. The van der Waals surface area contributed by atoms with Crippen molar-refractivity contribution in [3.05, 3.63) is 29.5 Å². The van der Waals surface area contributed by atoms with E-state index in [0.717, 1.165) is 0 Å². The van der Waals surface area contributed by atoms with Crippen LogP contribution in [0.2, 0.25) is 0 Å². The molecule has 6 nitrogen and oxygen atoms in total. The van der Waals surface area contributed by atoms with Gasteiger partial charge in [0.2, 0.25) is 5.91 Å². The third kappa shape index (κ3) is 4.36. The van der Waals surface area contributed by atoms with Gasteiger partial charge in [0.15, 0.2) is 0 Å². The lowest BCUT2D eigenvalue weighted by Gasteiger charge is -2.05. The number of hydrogen-bond donors (Lipinski definition) is 2. The van der Waals surface area contributed by atoms with E-state index in [9.17, 15) is 14.4 Å². The van der Waals surface area contributed by atoms with E-state index < -0.39 is 11.9 Å². The predicted octanol–water partition coefficient (Wildman–Crippen LogP) is -0.957. The standard InChI is InChI=1S/C11H12N2O4/c1-17-10(15)7-12-9(14)6-13-11(16)8-4-2-3-5-8/h2-4H,6-7H2,1H3,(H,12,14)(H,13,16). The normalized spacial score (nSPS) is 11.9. The van der Waals surface area contributed by atoms with Crippen LogP contribution in [0.25, 0.3) is 0 Å². The van der Waals surface area contributed by atoms with Gasteiger partial charge in [-0.25, -0.2) is 0 Å². The smallest absolute Gasteiger partial charge is 0.325 e. The maximum Gasteiger partial charge on any atom is 0.325 e. The fourth-order valence-electron chi connectivity index (χ4n) is 1.03. The summed E-state index contributed by atoms with van der Waals surface area (Å²) in [5.41, 5.74) is 3.07.